The molecule has 1 heterocycles. The van der Waals surface area contributed by atoms with Crippen LogP contribution in [0.2, 0.25) is 0 Å². The molecule has 1 fully saturated rings. The number of nitro benzene ring substituents is 1. The molecule has 120 valence electrons. The molecule has 1 aromatic carbocycles. The minimum atomic E-state index is -1.92. The molecule has 10 nitrogen and oxygen atoms in total. The van der Waals surface area contributed by atoms with Crippen LogP contribution in [0.5, 0.6) is 5.75 Å². The Hall–Kier alpha value is -2.27. The van der Waals surface area contributed by atoms with Gasteiger partial charge in [-0.3, -0.25) is 10.1 Å². The summed E-state index contributed by atoms with van der Waals surface area (Å²) in [6, 6.07) is 5.14. The lowest BCUT2D eigenvalue weighted by atomic mass is 9.98. The van der Waals surface area contributed by atoms with Crippen LogP contribution in [0, 0.1) is 10.1 Å². The highest BCUT2D eigenvalue weighted by Gasteiger charge is 2.49. The van der Waals surface area contributed by atoms with Crippen molar-refractivity contribution in [3.05, 3.63) is 34.4 Å². The average molecular weight is 315 g/mol. The van der Waals surface area contributed by atoms with Crippen molar-refractivity contribution in [2.45, 2.75) is 30.7 Å². The fourth-order valence-corrected chi connectivity index (χ4v) is 2.03. The number of hydrogen-bond acceptors (Lipinski definition) is 8. The van der Waals surface area contributed by atoms with Crippen molar-refractivity contribution in [1.29, 1.82) is 0 Å². The Labute approximate surface area is 123 Å². The summed E-state index contributed by atoms with van der Waals surface area (Å²) in [6.45, 7) is 0. The first-order valence-corrected chi connectivity index (χ1v) is 6.15. The minimum Gasteiger partial charge on any atom is -0.479 e. The van der Waals surface area contributed by atoms with E-state index in [1.807, 2.05) is 0 Å². The van der Waals surface area contributed by atoms with Crippen molar-refractivity contribution in [2.24, 2.45) is 0 Å². The van der Waals surface area contributed by atoms with Crippen molar-refractivity contribution in [3.8, 4) is 5.75 Å². The maximum absolute atomic E-state index is 11.1. The van der Waals surface area contributed by atoms with Gasteiger partial charge in [0.2, 0.25) is 0 Å². The SMILES string of the molecule is O=C(O)[C@H]1O[C@@H](O)[C@H](O)[C@@H](O)[C@@H]1Oc1ccccc1[N+](=O)[O-]. The van der Waals surface area contributed by atoms with Crippen LogP contribution < -0.4 is 4.74 Å². The second kappa shape index (κ2) is 6.23. The Morgan fingerprint density at radius 3 is 2.45 bits per heavy atom. The van der Waals surface area contributed by atoms with Gasteiger partial charge in [-0.15, -0.1) is 0 Å². The van der Waals surface area contributed by atoms with Crippen molar-refractivity contribution >= 4 is 11.7 Å². The summed E-state index contributed by atoms with van der Waals surface area (Å²) in [6.07, 6.45) is -9.00. The van der Waals surface area contributed by atoms with E-state index in [0.29, 0.717) is 0 Å². The highest BCUT2D eigenvalue weighted by Crippen LogP contribution is 2.31. The number of benzene rings is 1. The molecule has 0 aliphatic carbocycles. The highest BCUT2D eigenvalue weighted by molar-refractivity contribution is 5.73. The number of nitrogens with zero attached hydrogens (tertiary/aromatic N) is 1. The van der Waals surface area contributed by atoms with Gasteiger partial charge in [0.1, 0.15) is 12.2 Å². The summed E-state index contributed by atoms with van der Waals surface area (Å²) in [7, 11) is 0. The topological polar surface area (TPSA) is 160 Å². The third-order valence-electron chi connectivity index (χ3n) is 3.13. The predicted octanol–water partition coefficient (Wildman–Crippen LogP) is -1.13. The molecule has 0 aromatic heterocycles. The third-order valence-corrected chi connectivity index (χ3v) is 3.13. The fraction of sp³-hybridized carbons (Fsp3) is 0.417. The van der Waals surface area contributed by atoms with E-state index >= 15 is 0 Å². The number of aliphatic hydroxyl groups excluding tert-OH is 3. The number of hydrogen-bond donors (Lipinski definition) is 4. The molecule has 0 amide bonds. The number of ether oxygens (including phenoxy) is 2. The van der Waals surface area contributed by atoms with Crippen LogP contribution in [0.4, 0.5) is 5.69 Å². The highest BCUT2D eigenvalue weighted by atomic mass is 16.7. The fourth-order valence-electron chi connectivity index (χ4n) is 2.03. The molecule has 4 N–H and O–H groups in total. The van der Waals surface area contributed by atoms with Gasteiger partial charge in [0.05, 0.1) is 4.92 Å². The van der Waals surface area contributed by atoms with Crippen LogP contribution >= 0.6 is 0 Å². The van der Waals surface area contributed by atoms with Gasteiger partial charge in [-0.05, 0) is 6.07 Å². The lowest BCUT2D eigenvalue weighted by molar-refractivity contribution is -0.386. The minimum absolute atomic E-state index is 0.296. The molecule has 1 aliphatic heterocycles. The molecular weight excluding hydrogens is 302 g/mol. The maximum atomic E-state index is 11.1. The quantitative estimate of drug-likeness (QED) is 0.398. The number of aliphatic hydroxyl groups is 3. The van der Waals surface area contributed by atoms with Gasteiger partial charge in [0, 0.05) is 6.07 Å². The Morgan fingerprint density at radius 2 is 1.86 bits per heavy atom. The molecule has 0 unspecified atom stereocenters. The first-order valence-electron chi connectivity index (χ1n) is 6.15. The molecule has 10 heteroatoms. The van der Waals surface area contributed by atoms with Crippen LogP contribution in [-0.2, 0) is 9.53 Å². The lowest BCUT2D eigenvalue weighted by Crippen LogP contribution is -2.61. The Kier molecular flexibility index (Phi) is 4.56. The van der Waals surface area contributed by atoms with Gasteiger partial charge >= 0.3 is 11.7 Å². The largest absolute Gasteiger partial charge is 0.479 e. The molecule has 22 heavy (non-hydrogen) atoms. The second-order valence-corrected chi connectivity index (χ2v) is 4.57. The summed E-state index contributed by atoms with van der Waals surface area (Å²) >= 11 is 0. The van der Waals surface area contributed by atoms with E-state index in [9.17, 15) is 30.2 Å². The second-order valence-electron chi connectivity index (χ2n) is 4.57. The van der Waals surface area contributed by atoms with Crippen LogP contribution in [0.3, 0.4) is 0 Å². The van der Waals surface area contributed by atoms with E-state index in [2.05, 4.69) is 4.74 Å². The number of para-hydroxylation sites is 2. The number of carbonyl (C=O) groups is 1. The summed E-state index contributed by atoms with van der Waals surface area (Å²) in [4.78, 5) is 21.3. The van der Waals surface area contributed by atoms with E-state index in [1.165, 1.54) is 18.2 Å². The molecule has 1 aliphatic rings. The molecule has 2 rings (SSSR count). The first-order chi connectivity index (χ1) is 10.3. The molecule has 1 aromatic rings. The Morgan fingerprint density at radius 1 is 1.23 bits per heavy atom. The van der Waals surface area contributed by atoms with Crippen LogP contribution in [0.15, 0.2) is 24.3 Å². The van der Waals surface area contributed by atoms with E-state index in [1.54, 1.807) is 0 Å². The van der Waals surface area contributed by atoms with Gasteiger partial charge in [0.25, 0.3) is 0 Å². The monoisotopic (exact) mass is 315 g/mol. The van der Waals surface area contributed by atoms with Crippen LogP contribution in [0.1, 0.15) is 0 Å². The van der Waals surface area contributed by atoms with Gasteiger partial charge in [-0.2, -0.15) is 0 Å². The van der Waals surface area contributed by atoms with Crippen molar-refractivity contribution in [1.82, 2.24) is 0 Å². The van der Waals surface area contributed by atoms with E-state index in [-0.39, 0.29) is 5.75 Å². The Balaban J connectivity index is 2.32. The predicted molar refractivity (Wildman–Crippen MR) is 68.0 cm³/mol. The molecule has 5 atom stereocenters. The van der Waals surface area contributed by atoms with Crippen molar-refractivity contribution in [2.75, 3.05) is 0 Å². The van der Waals surface area contributed by atoms with Gasteiger partial charge < -0.3 is 29.9 Å². The van der Waals surface area contributed by atoms with E-state index in [4.69, 9.17) is 9.84 Å². The zero-order valence-corrected chi connectivity index (χ0v) is 11.0. The summed E-state index contributed by atoms with van der Waals surface area (Å²) in [5.41, 5.74) is -0.445. The number of aliphatic carboxylic acids is 1. The smallest absolute Gasteiger partial charge is 0.336 e. The number of rotatable bonds is 4. The summed E-state index contributed by atoms with van der Waals surface area (Å²) in [5.74, 6) is -1.86. The van der Waals surface area contributed by atoms with Gasteiger partial charge in [-0.25, -0.2) is 4.79 Å². The van der Waals surface area contributed by atoms with E-state index < -0.39 is 47.3 Å². The average Bonchev–Trinajstić information content (AvgIpc) is 2.47. The third kappa shape index (κ3) is 2.99. The van der Waals surface area contributed by atoms with E-state index in [0.717, 1.165) is 6.07 Å². The summed E-state index contributed by atoms with van der Waals surface area (Å²) < 4.78 is 9.85. The zero-order chi connectivity index (χ0) is 16.4. The Bertz CT molecular complexity index is 577. The number of carboxylic acid groups (broad SMARTS) is 1. The number of nitro groups is 1. The van der Waals surface area contributed by atoms with Gasteiger partial charge in [0.15, 0.2) is 24.2 Å². The maximum Gasteiger partial charge on any atom is 0.336 e. The molecule has 0 spiro atoms. The summed E-state index contributed by atoms with van der Waals surface area (Å²) in [5, 5.41) is 48.7. The molecule has 0 radical (unpaired) electrons. The molecule has 1 saturated heterocycles. The standard InChI is InChI=1S/C12H13NO9/c14-7-8(15)12(18)22-10(11(16)17)9(7)21-6-4-2-1-3-5(6)13(19)20/h1-4,7-10,12,14-15,18H,(H,16,17)/t7-,8-,9+,10+,12-/m1/s1. The van der Waals surface area contributed by atoms with Gasteiger partial charge in [-0.1, -0.05) is 12.1 Å². The number of carboxylic acids is 1. The van der Waals surface area contributed by atoms with Crippen molar-refractivity contribution in [3.63, 3.8) is 0 Å². The van der Waals surface area contributed by atoms with Crippen LogP contribution in [0.25, 0.3) is 0 Å². The van der Waals surface area contributed by atoms with Crippen LogP contribution in [-0.4, -0.2) is 62.0 Å². The zero-order valence-electron chi connectivity index (χ0n) is 11.0. The molecule has 0 saturated carbocycles. The molecule has 0 bridgehead atoms. The first kappa shape index (κ1) is 16.1. The molecular formula is C12H13NO9. The van der Waals surface area contributed by atoms with Crippen molar-refractivity contribution < 1.29 is 39.6 Å². The lowest BCUT2D eigenvalue weighted by Gasteiger charge is -2.38. The normalized spacial score (nSPS) is 31.5.